The molecule has 132 valence electrons. The summed E-state index contributed by atoms with van der Waals surface area (Å²) in [6, 6.07) is 11.5. The Bertz CT molecular complexity index is 958. The summed E-state index contributed by atoms with van der Waals surface area (Å²) in [6.45, 7) is 2.00. The van der Waals surface area contributed by atoms with Crippen molar-refractivity contribution < 1.29 is 9.72 Å². The number of rotatable bonds is 4. The van der Waals surface area contributed by atoms with Crippen LogP contribution in [0.2, 0.25) is 5.02 Å². The van der Waals surface area contributed by atoms with Gasteiger partial charge in [-0.2, -0.15) is 0 Å². The Labute approximate surface area is 160 Å². The van der Waals surface area contributed by atoms with Crippen LogP contribution in [0.3, 0.4) is 0 Å². The van der Waals surface area contributed by atoms with Crippen molar-refractivity contribution in [3.63, 3.8) is 0 Å². The van der Waals surface area contributed by atoms with Gasteiger partial charge in [0.05, 0.1) is 10.6 Å². The van der Waals surface area contributed by atoms with E-state index in [0.29, 0.717) is 16.3 Å². The third-order valence-electron chi connectivity index (χ3n) is 3.98. The molecule has 1 N–H and O–H groups in total. The molecule has 0 saturated carbocycles. The molecule has 1 saturated heterocycles. The monoisotopic (exact) mass is 387 g/mol. The lowest BCUT2D eigenvalue weighted by Crippen LogP contribution is -2.31. The number of nitro benzene ring substituents is 1. The molecule has 0 spiro atoms. The van der Waals surface area contributed by atoms with Crippen LogP contribution in [-0.4, -0.2) is 15.9 Å². The predicted molar refractivity (Wildman–Crippen MR) is 105 cm³/mol. The highest BCUT2D eigenvalue weighted by atomic mass is 35.5. The van der Waals surface area contributed by atoms with Gasteiger partial charge in [0.1, 0.15) is 5.70 Å². The highest BCUT2D eigenvalue weighted by Gasteiger charge is 2.33. The lowest BCUT2D eigenvalue weighted by atomic mass is 10.1. The number of hydrogen-bond donors (Lipinski definition) is 1. The number of non-ortho nitro benzene ring substituents is 1. The maximum Gasteiger partial charge on any atom is 0.281 e. The molecule has 0 atom stereocenters. The first-order valence-corrected chi connectivity index (χ1v) is 8.60. The summed E-state index contributed by atoms with van der Waals surface area (Å²) in [7, 11) is 0. The van der Waals surface area contributed by atoms with Crippen LogP contribution in [0.25, 0.3) is 6.08 Å². The first kappa shape index (κ1) is 18.0. The molecule has 1 fully saturated rings. The van der Waals surface area contributed by atoms with Crippen LogP contribution in [0.15, 0.2) is 48.2 Å². The van der Waals surface area contributed by atoms with Crippen LogP contribution in [-0.2, 0) is 11.2 Å². The number of aryl methyl sites for hydroxylation is 1. The number of hydrogen-bond acceptors (Lipinski definition) is 4. The van der Waals surface area contributed by atoms with Crippen molar-refractivity contribution in [1.82, 2.24) is 5.32 Å². The quantitative estimate of drug-likeness (QED) is 0.370. The van der Waals surface area contributed by atoms with Crippen molar-refractivity contribution in [2.75, 3.05) is 4.90 Å². The summed E-state index contributed by atoms with van der Waals surface area (Å²) in [5, 5.41) is 14.4. The number of anilines is 1. The van der Waals surface area contributed by atoms with Gasteiger partial charge in [0.15, 0.2) is 5.11 Å². The summed E-state index contributed by atoms with van der Waals surface area (Å²) in [6.07, 6.45) is 2.22. The molecule has 3 rings (SSSR count). The molecule has 0 aromatic heterocycles. The number of nitrogens with one attached hydrogen (secondary N) is 1. The molecule has 8 heteroatoms. The molecule has 0 bridgehead atoms. The fourth-order valence-electron chi connectivity index (χ4n) is 2.69. The molecule has 0 aliphatic carbocycles. The fraction of sp³-hybridized carbons (Fsp3) is 0.111. The minimum absolute atomic E-state index is 0.109. The molecule has 1 aliphatic rings. The highest BCUT2D eigenvalue weighted by Crippen LogP contribution is 2.29. The molecule has 0 unspecified atom stereocenters. The van der Waals surface area contributed by atoms with Crippen molar-refractivity contribution in [3.05, 3.63) is 74.4 Å². The number of amides is 1. The van der Waals surface area contributed by atoms with E-state index in [1.54, 1.807) is 0 Å². The van der Waals surface area contributed by atoms with Gasteiger partial charge in [-0.1, -0.05) is 36.7 Å². The number of nitrogens with zero attached hydrogens (tertiary/aromatic N) is 2. The van der Waals surface area contributed by atoms with Crippen LogP contribution in [0.1, 0.15) is 18.1 Å². The van der Waals surface area contributed by atoms with Crippen molar-refractivity contribution >= 4 is 52.3 Å². The minimum atomic E-state index is -0.517. The largest absolute Gasteiger partial charge is 0.327 e. The second-order valence-electron chi connectivity index (χ2n) is 5.57. The number of carbonyl (C=O) groups is 1. The Morgan fingerprint density at radius 3 is 2.73 bits per heavy atom. The van der Waals surface area contributed by atoms with Crippen LogP contribution < -0.4 is 10.2 Å². The van der Waals surface area contributed by atoms with Crippen molar-refractivity contribution in [1.29, 1.82) is 0 Å². The van der Waals surface area contributed by atoms with Gasteiger partial charge in [-0.05, 0) is 42.4 Å². The lowest BCUT2D eigenvalue weighted by Gasteiger charge is -2.17. The molecule has 26 heavy (non-hydrogen) atoms. The lowest BCUT2D eigenvalue weighted by molar-refractivity contribution is -0.384. The van der Waals surface area contributed by atoms with Crippen LogP contribution in [0.5, 0.6) is 0 Å². The molecule has 0 radical (unpaired) electrons. The van der Waals surface area contributed by atoms with E-state index in [4.69, 9.17) is 23.8 Å². The van der Waals surface area contributed by atoms with E-state index >= 15 is 0 Å². The van der Waals surface area contributed by atoms with E-state index < -0.39 is 4.92 Å². The first-order valence-electron chi connectivity index (χ1n) is 7.81. The topological polar surface area (TPSA) is 75.5 Å². The summed E-state index contributed by atoms with van der Waals surface area (Å²) in [5.41, 5.74) is 2.17. The van der Waals surface area contributed by atoms with Crippen molar-refractivity contribution in [2.24, 2.45) is 0 Å². The van der Waals surface area contributed by atoms with E-state index in [0.717, 1.165) is 12.0 Å². The summed E-state index contributed by atoms with van der Waals surface area (Å²) in [4.78, 5) is 24.7. The smallest absolute Gasteiger partial charge is 0.281 e. The second kappa shape index (κ2) is 7.23. The Balaban J connectivity index is 2.01. The zero-order valence-corrected chi connectivity index (χ0v) is 15.3. The van der Waals surface area contributed by atoms with E-state index in [9.17, 15) is 14.9 Å². The molecule has 1 amide bonds. The predicted octanol–water partition coefficient (Wildman–Crippen LogP) is 4.07. The molecule has 1 aliphatic heterocycles. The molecular weight excluding hydrogens is 374 g/mol. The third kappa shape index (κ3) is 3.31. The molecule has 2 aromatic rings. The summed E-state index contributed by atoms with van der Waals surface area (Å²) < 4.78 is 0. The van der Waals surface area contributed by atoms with Crippen LogP contribution in [0, 0.1) is 10.1 Å². The number of thiocarbonyl (C=S) groups is 1. The molecule has 6 nitrogen and oxygen atoms in total. The molecular formula is C18H14ClN3O3S. The molecule has 2 aromatic carbocycles. The van der Waals surface area contributed by atoms with Crippen LogP contribution in [0.4, 0.5) is 11.4 Å². The Morgan fingerprint density at radius 2 is 2.04 bits per heavy atom. The van der Waals surface area contributed by atoms with Gasteiger partial charge in [-0.25, -0.2) is 0 Å². The van der Waals surface area contributed by atoms with Gasteiger partial charge in [0.25, 0.3) is 11.6 Å². The zero-order valence-electron chi connectivity index (χ0n) is 13.7. The highest BCUT2D eigenvalue weighted by molar-refractivity contribution is 7.80. The number of nitro groups is 1. The van der Waals surface area contributed by atoms with Crippen molar-refractivity contribution in [3.8, 4) is 0 Å². The van der Waals surface area contributed by atoms with Gasteiger partial charge < -0.3 is 5.32 Å². The Hall–Kier alpha value is -2.77. The Kier molecular flexibility index (Phi) is 5.01. The van der Waals surface area contributed by atoms with E-state index in [1.165, 1.54) is 29.2 Å². The Morgan fingerprint density at radius 1 is 1.31 bits per heavy atom. The van der Waals surface area contributed by atoms with Crippen LogP contribution >= 0.6 is 23.8 Å². The van der Waals surface area contributed by atoms with Gasteiger partial charge in [0.2, 0.25) is 0 Å². The average Bonchev–Trinajstić information content (AvgIpc) is 2.90. The zero-order chi connectivity index (χ0) is 18.8. The standard InChI is InChI=1S/C18H14ClN3O3S/c1-2-11-5-3-4-6-16(11)21-17(23)15(20-18(21)26)10-12-9-13(22(24)25)7-8-14(12)19/h3-10H,2H2,1H3,(H,20,26)/b15-10+. The normalized spacial score (nSPS) is 15.5. The molecule has 1 heterocycles. The number of carbonyl (C=O) groups excluding carboxylic acids is 1. The summed E-state index contributed by atoms with van der Waals surface area (Å²) in [5.74, 6) is -0.335. The third-order valence-corrected chi connectivity index (χ3v) is 4.61. The van der Waals surface area contributed by atoms with Crippen molar-refractivity contribution in [2.45, 2.75) is 13.3 Å². The maximum atomic E-state index is 12.8. The van der Waals surface area contributed by atoms with Gasteiger partial charge >= 0.3 is 0 Å². The second-order valence-corrected chi connectivity index (χ2v) is 6.37. The van der Waals surface area contributed by atoms with Gasteiger partial charge in [-0.3, -0.25) is 19.8 Å². The van der Waals surface area contributed by atoms with Gasteiger partial charge in [-0.15, -0.1) is 0 Å². The number of halogens is 1. The van der Waals surface area contributed by atoms with E-state index in [-0.39, 0.29) is 22.4 Å². The number of para-hydroxylation sites is 1. The van der Waals surface area contributed by atoms with Gasteiger partial charge in [0, 0.05) is 22.7 Å². The number of benzene rings is 2. The average molecular weight is 388 g/mol. The summed E-state index contributed by atoms with van der Waals surface area (Å²) >= 11 is 11.4. The maximum absolute atomic E-state index is 12.8. The van der Waals surface area contributed by atoms with E-state index in [1.807, 2.05) is 31.2 Å². The fourth-order valence-corrected chi connectivity index (χ4v) is 3.16. The SMILES string of the molecule is CCc1ccccc1N1C(=O)/C(=C\c2cc([N+](=O)[O-])ccc2Cl)NC1=S. The first-order chi connectivity index (χ1) is 12.4. The van der Waals surface area contributed by atoms with E-state index in [2.05, 4.69) is 5.32 Å². The minimum Gasteiger partial charge on any atom is -0.327 e.